The fourth-order valence-electron chi connectivity index (χ4n) is 2.84. The molecule has 2 heterocycles. The third-order valence-corrected chi connectivity index (χ3v) is 3.84. The van der Waals surface area contributed by atoms with Crippen molar-refractivity contribution in [2.75, 3.05) is 13.1 Å². The molecule has 1 aliphatic rings. The maximum absolute atomic E-state index is 13.3. The van der Waals surface area contributed by atoms with Gasteiger partial charge in [-0.05, 0) is 38.1 Å². The van der Waals surface area contributed by atoms with E-state index in [1.165, 1.54) is 4.68 Å². The van der Waals surface area contributed by atoms with E-state index in [1.54, 1.807) is 24.3 Å². The van der Waals surface area contributed by atoms with Gasteiger partial charge in [-0.15, -0.1) is 0 Å². The van der Waals surface area contributed by atoms with Crippen molar-refractivity contribution >= 4 is 0 Å². The molecule has 3 nitrogen and oxygen atoms in total. The van der Waals surface area contributed by atoms with Gasteiger partial charge >= 0.3 is 6.18 Å². The van der Waals surface area contributed by atoms with E-state index in [9.17, 15) is 13.2 Å². The van der Waals surface area contributed by atoms with Crippen molar-refractivity contribution in [2.45, 2.75) is 24.9 Å². The van der Waals surface area contributed by atoms with E-state index in [1.807, 2.05) is 6.07 Å². The SMILES string of the molecule is FC(F)(F)c1cnn(-c2ccccc2)c1C1CCNCC1. The molecule has 0 unspecified atom stereocenters. The minimum Gasteiger partial charge on any atom is -0.317 e. The lowest BCUT2D eigenvalue weighted by Gasteiger charge is -2.25. The normalized spacial score (nSPS) is 17.1. The molecule has 0 bridgehead atoms. The summed E-state index contributed by atoms with van der Waals surface area (Å²) in [5, 5.41) is 7.19. The number of benzene rings is 1. The Bertz CT molecular complexity index is 598. The van der Waals surface area contributed by atoms with Crippen molar-refractivity contribution in [2.24, 2.45) is 0 Å². The predicted molar refractivity (Wildman–Crippen MR) is 73.4 cm³/mol. The Balaban J connectivity index is 2.10. The summed E-state index contributed by atoms with van der Waals surface area (Å²) in [5.41, 5.74) is 0.343. The van der Waals surface area contributed by atoms with Gasteiger partial charge in [0.15, 0.2) is 0 Å². The Labute approximate surface area is 120 Å². The molecule has 1 aromatic heterocycles. The van der Waals surface area contributed by atoms with Crippen LogP contribution in [0.5, 0.6) is 0 Å². The van der Waals surface area contributed by atoms with Crippen molar-refractivity contribution in [1.82, 2.24) is 15.1 Å². The molecular weight excluding hydrogens is 279 g/mol. The van der Waals surface area contributed by atoms with Gasteiger partial charge in [0.1, 0.15) is 0 Å². The second-order valence-corrected chi connectivity index (χ2v) is 5.21. The second kappa shape index (κ2) is 5.52. The van der Waals surface area contributed by atoms with E-state index in [-0.39, 0.29) is 11.6 Å². The van der Waals surface area contributed by atoms with E-state index in [4.69, 9.17) is 0 Å². The van der Waals surface area contributed by atoms with Crippen LogP contribution in [0.25, 0.3) is 5.69 Å². The van der Waals surface area contributed by atoms with Crippen LogP contribution in [0.4, 0.5) is 13.2 Å². The summed E-state index contributed by atoms with van der Waals surface area (Å²) in [5.74, 6) is -0.120. The molecule has 1 aromatic carbocycles. The van der Waals surface area contributed by atoms with Gasteiger partial charge in [-0.3, -0.25) is 0 Å². The third-order valence-electron chi connectivity index (χ3n) is 3.84. The van der Waals surface area contributed by atoms with Crippen molar-refractivity contribution in [1.29, 1.82) is 0 Å². The van der Waals surface area contributed by atoms with Crippen molar-refractivity contribution in [3.8, 4) is 5.69 Å². The summed E-state index contributed by atoms with van der Waals surface area (Å²) in [6, 6.07) is 8.99. The smallest absolute Gasteiger partial charge is 0.317 e. The largest absolute Gasteiger partial charge is 0.419 e. The summed E-state index contributed by atoms with van der Waals surface area (Å²) in [7, 11) is 0. The number of halogens is 3. The number of hydrogen-bond acceptors (Lipinski definition) is 2. The van der Waals surface area contributed by atoms with Crippen LogP contribution >= 0.6 is 0 Å². The van der Waals surface area contributed by atoms with Gasteiger partial charge in [0, 0.05) is 5.92 Å². The summed E-state index contributed by atoms with van der Waals surface area (Å²) in [6.07, 6.45) is -2.03. The van der Waals surface area contributed by atoms with Gasteiger partial charge in [0.2, 0.25) is 0 Å². The Morgan fingerprint density at radius 3 is 2.38 bits per heavy atom. The van der Waals surface area contributed by atoms with Gasteiger partial charge in [-0.25, -0.2) is 4.68 Å². The number of piperidine rings is 1. The van der Waals surface area contributed by atoms with Gasteiger partial charge in [-0.1, -0.05) is 18.2 Å². The van der Waals surface area contributed by atoms with E-state index in [0.717, 1.165) is 19.3 Å². The summed E-state index contributed by atoms with van der Waals surface area (Å²) < 4.78 is 41.2. The lowest BCUT2D eigenvalue weighted by atomic mass is 9.91. The maximum Gasteiger partial charge on any atom is 0.419 e. The van der Waals surface area contributed by atoms with E-state index < -0.39 is 11.7 Å². The Morgan fingerprint density at radius 1 is 1.10 bits per heavy atom. The van der Waals surface area contributed by atoms with Crippen LogP contribution in [0.15, 0.2) is 36.5 Å². The first-order valence-corrected chi connectivity index (χ1v) is 6.98. The highest BCUT2D eigenvalue weighted by atomic mass is 19.4. The summed E-state index contributed by atoms with van der Waals surface area (Å²) >= 11 is 0. The molecule has 21 heavy (non-hydrogen) atoms. The molecule has 0 aliphatic carbocycles. The maximum atomic E-state index is 13.3. The Hall–Kier alpha value is -1.82. The monoisotopic (exact) mass is 295 g/mol. The number of hydrogen-bond donors (Lipinski definition) is 1. The predicted octanol–water partition coefficient (Wildman–Crippen LogP) is 3.36. The Morgan fingerprint density at radius 2 is 1.76 bits per heavy atom. The van der Waals surface area contributed by atoms with Crippen LogP contribution in [0.3, 0.4) is 0 Å². The van der Waals surface area contributed by atoms with Crippen molar-refractivity contribution < 1.29 is 13.2 Å². The molecule has 1 aliphatic heterocycles. The number of aromatic nitrogens is 2. The van der Waals surface area contributed by atoms with Crippen molar-refractivity contribution in [3.63, 3.8) is 0 Å². The first-order valence-electron chi connectivity index (χ1n) is 6.98. The number of rotatable bonds is 2. The zero-order valence-corrected chi connectivity index (χ0v) is 11.4. The van der Waals surface area contributed by atoms with Crippen LogP contribution in [-0.2, 0) is 6.18 Å². The van der Waals surface area contributed by atoms with Crippen LogP contribution < -0.4 is 5.32 Å². The lowest BCUT2D eigenvalue weighted by molar-refractivity contribution is -0.138. The molecule has 1 N–H and O–H groups in total. The minimum absolute atomic E-state index is 0.120. The lowest BCUT2D eigenvalue weighted by Crippen LogP contribution is -2.29. The standard InChI is InChI=1S/C15H16F3N3/c16-15(17,18)13-10-20-21(12-4-2-1-3-5-12)14(13)11-6-8-19-9-7-11/h1-5,10-11,19H,6-9H2. The summed E-state index contributed by atoms with van der Waals surface area (Å²) in [6.45, 7) is 1.48. The van der Waals surface area contributed by atoms with E-state index >= 15 is 0 Å². The first-order chi connectivity index (χ1) is 10.1. The molecule has 3 rings (SSSR count). The highest BCUT2D eigenvalue weighted by molar-refractivity contribution is 5.37. The molecule has 2 aromatic rings. The Kier molecular flexibility index (Phi) is 3.71. The molecule has 0 saturated carbocycles. The zero-order valence-electron chi connectivity index (χ0n) is 11.4. The average Bonchev–Trinajstić information content (AvgIpc) is 2.94. The third kappa shape index (κ3) is 2.81. The minimum atomic E-state index is -4.37. The van der Waals surface area contributed by atoms with E-state index in [0.29, 0.717) is 18.5 Å². The van der Waals surface area contributed by atoms with E-state index in [2.05, 4.69) is 10.4 Å². The van der Waals surface area contributed by atoms with Gasteiger partial charge in [-0.2, -0.15) is 18.3 Å². The number of alkyl halides is 3. The van der Waals surface area contributed by atoms with Crippen LogP contribution in [0.1, 0.15) is 30.0 Å². The molecule has 0 atom stereocenters. The summed E-state index contributed by atoms with van der Waals surface area (Å²) in [4.78, 5) is 0. The second-order valence-electron chi connectivity index (χ2n) is 5.21. The molecular formula is C15H16F3N3. The van der Waals surface area contributed by atoms with Gasteiger partial charge < -0.3 is 5.32 Å². The fraction of sp³-hybridized carbons (Fsp3) is 0.400. The zero-order chi connectivity index (χ0) is 14.9. The molecule has 1 fully saturated rings. The molecule has 6 heteroatoms. The molecule has 112 valence electrons. The fourth-order valence-corrected chi connectivity index (χ4v) is 2.84. The molecule has 1 saturated heterocycles. The number of para-hydroxylation sites is 1. The molecule has 0 amide bonds. The van der Waals surface area contributed by atoms with Gasteiger partial charge in [0.05, 0.1) is 23.1 Å². The van der Waals surface area contributed by atoms with Crippen LogP contribution in [-0.4, -0.2) is 22.9 Å². The highest BCUT2D eigenvalue weighted by Gasteiger charge is 2.39. The quantitative estimate of drug-likeness (QED) is 0.920. The highest BCUT2D eigenvalue weighted by Crippen LogP contribution is 2.38. The van der Waals surface area contributed by atoms with Crippen molar-refractivity contribution in [3.05, 3.63) is 47.8 Å². The van der Waals surface area contributed by atoms with Crippen LogP contribution in [0, 0.1) is 0 Å². The molecule has 0 spiro atoms. The number of nitrogens with zero attached hydrogens (tertiary/aromatic N) is 2. The topological polar surface area (TPSA) is 29.9 Å². The number of nitrogens with one attached hydrogen (secondary N) is 1. The van der Waals surface area contributed by atoms with Crippen LogP contribution in [0.2, 0.25) is 0 Å². The van der Waals surface area contributed by atoms with Gasteiger partial charge in [0.25, 0.3) is 0 Å². The first kappa shape index (κ1) is 14.1. The average molecular weight is 295 g/mol. The molecule has 0 radical (unpaired) electrons.